The SMILES string of the molecule is CCC(NC(CN(C)C)c1ccccc1)C1CC1. The van der Waals surface area contributed by atoms with E-state index in [1.807, 2.05) is 0 Å². The molecule has 1 aromatic rings. The molecule has 100 valence electrons. The largest absolute Gasteiger partial charge is 0.308 e. The fourth-order valence-electron chi connectivity index (χ4n) is 2.65. The lowest BCUT2D eigenvalue weighted by atomic mass is 10.0. The first-order valence-electron chi connectivity index (χ1n) is 7.16. The van der Waals surface area contributed by atoms with E-state index in [4.69, 9.17) is 0 Å². The van der Waals surface area contributed by atoms with Gasteiger partial charge in [0.25, 0.3) is 0 Å². The molecule has 1 aliphatic rings. The lowest BCUT2D eigenvalue weighted by Crippen LogP contribution is -2.39. The maximum absolute atomic E-state index is 3.87. The van der Waals surface area contributed by atoms with Crippen LogP contribution >= 0.6 is 0 Å². The Labute approximate surface area is 111 Å². The maximum atomic E-state index is 3.87. The molecule has 2 rings (SSSR count). The summed E-state index contributed by atoms with van der Waals surface area (Å²) in [6.45, 7) is 3.36. The summed E-state index contributed by atoms with van der Waals surface area (Å²) in [7, 11) is 4.30. The van der Waals surface area contributed by atoms with E-state index in [0.717, 1.165) is 12.5 Å². The van der Waals surface area contributed by atoms with Gasteiger partial charge in [0.15, 0.2) is 0 Å². The molecule has 2 heteroatoms. The number of rotatable bonds is 7. The van der Waals surface area contributed by atoms with Gasteiger partial charge in [-0.3, -0.25) is 0 Å². The van der Waals surface area contributed by atoms with Crippen LogP contribution in [0.4, 0.5) is 0 Å². The number of likely N-dealkylation sites (N-methyl/N-ethyl adjacent to an activating group) is 1. The van der Waals surface area contributed by atoms with Crippen LogP contribution in [0, 0.1) is 5.92 Å². The van der Waals surface area contributed by atoms with E-state index in [1.165, 1.54) is 24.8 Å². The van der Waals surface area contributed by atoms with Crippen molar-refractivity contribution < 1.29 is 0 Å². The van der Waals surface area contributed by atoms with Gasteiger partial charge in [-0.1, -0.05) is 37.3 Å². The Balaban J connectivity index is 2.04. The van der Waals surface area contributed by atoms with E-state index >= 15 is 0 Å². The molecule has 0 spiro atoms. The van der Waals surface area contributed by atoms with Gasteiger partial charge in [-0.25, -0.2) is 0 Å². The molecule has 0 saturated heterocycles. The first-order valence-corrected chi connectivity index (χ1v) is 7.16. The van der Waals surface area contributed by atoms with Gasteiger partial charge in [-0.2, -0.15) is 0 Å². The van der Waals surface area contributed by atoms with Crippen molar-refractivity contribution >= 4 is 0 Å². The van der Waals surface area contributed by atoms with Crippen molar-refractivity contribution in [2.45, 2.75) is 38.3 Å². The zero-order chi connectivity index (χ0) is 13.0. The van der Waals surface area contributed by atoms with Crippen molar-refractivity contribution in [2.75, 3.05) is 20.6 Å². The topological polar surface area (TPSA) is 15.3 Å². The van der Waals surface area contributed by atoms with Crippen molar-refractivity contribution in [3.8, 4) is 0 Å². The van der Waals surface area contributed by atoms with Crippen LogP contribution in [0.15, 0.2) is 30.3 Å². The average molecular weight is 246 g/mol. The molecule has 2 nitrogen and oxygen atoms in total. The van der Waals surface area contributed by atoms with Crippen molar-refractivity contribution in [1.82, 2.24) is 10.2 Å². The zero-order valence-electron chi connectivity index (χ0n) is 11.9. The second kappa shape index (κ2) is 6.35. The molecular weight excluding hydrogens is 220 g/mol. The number of hydrogen-bond donors (Lipinski definition) is 1. The van der Waals surface area contributed by atoms with Gasteiger partial charge in [0.2, 0.25) is 0 Å². The fraction of sp³-hybridized carbons (Fsp3) is 0.625. The Kier molecular flexibility index (Phi) is 4.79. The van der Waals surface area contributed by atoms with Gasteiger partial charge >= 0.3 is 0 Å². The van der Waals surface area contributed by atoms with Crippen LogP contribution in [-0.2, 0) is 0 Å². The van der Waals surface area contributed by atoms with E-state index in [0.29, 0.717) is 12.1 Å². The van der Waals surface area contributed by atoms with Crippen molar-refractivity contribution in [3.05, 3.63) is 35.9 Å². The van der Waals surface area contributed by atoms with Crippen LogP contribution in [0.5, 0.6) is 0 Å². The standard InChI is InChI=1S/C16H26N2/c1-4-15(14-10-11-14)17-16(12-18(2)3)13-8-6-5-7-9-13/h5-9,14-17H,4,10-12H2,1-3H3. The Bertz CT molecular complexity index is 343. The first kappa shape index (κ1) is 13.6. The van der Waals surface area contributed by atoms with Gasteiger partial charge in [0.1, 0.15) is 0 Å². The molecule has 1 aliphatic carbocycles. The maximum Gasteiger partial charge on any atom is 0.0451 e. The number of nitrogens with one attached hydrogen (secondary N) is 1. The first-order chi connectivity index (χ1) is 8.70. The number of hydrogen-bond acceptors (Lipinski definition) is 2. The predicted molar refractivity (Wildman–Crippen MR) is 77.7 cm³/mol. The molecule has 1 aromatic carbocycles. The minimum Gasteiger partial charge on any atom is -0.308 e. The minimum absolute atomic E-state index is 0.451. The lowest BCUT2D eigenvalue weighted by Gasteiger charge is -2.28. The summed E-state index contributed by atoms with van der Waals surface area (Å²) in [6.07, 6.45) is 4.06. The lowest BCUT2D eigenvalue weighted by molar-refractivity contribution is 0.304. The molecule has 2 unspecified atom stereocenters. The molecule has 0 radical (unpaired) electrons. The summed E-state index contributed by atoms with van der Waals surface area (Å²) >= 11 is 0. The molecule has 0 amide bonds. The molecule has 0 heterocycles. The van der Waals surface area contributed by atoms with Gasteiger partial charge in [-0.15, -0.1) is 0 Å². The molecule has 0 aliphatic heterocycles. The molecule has 2 atom stereocenters. The molecular formula is C16H26N2. The summed E-state index contributed by atoms with van der Waals surface area (Å²) in [5.74, 6) is 0.920. The fourth-order valence-corrected chi connectivity index (χ4v) is 2.65. The molecule has 1 saturated carbocycles. The number of benzene rings is 1. The highest BCUT2D eigenvalue weighted by Gasteiger charge is 2.31. The quantitative estimate of drug-likeness (QED) is 0.795. The third-order valence-electron chi connectivity index (χ3n) is 3.80. The van der Waals surface area contributed by atoms with Crippen LogP contribution in [0.25, 0.3) is 0 Å². The highest BCUT2D eigenvalue weighted by atomic mass is 15.1. The van der Waals surface area contributed by atoms with Gasteiger partial charge in [0.05, 0.1) is 0 Å². The predicted octanol–water partition coefficient (Wildman–Crippen LogP) is 3.07. The summed E-state index contributed by atoms with van der Waals surface area (Å²) in [6, 6.07) is 12.0. The van der Waals surface area contributed by atoms with E-state index in [2.05, 4.69) is 61.6 Å². The highest BCUT2D eigenvalue weighted by Crippen LogP contribution is 2.35. The molecule has 0 bridgehead atoms. The Morgan fingerprint density at radius 2 is 1.89 bits per heavy atom. The molecule has 18 heavy (non-hydrogen) atoms. The molecule has 1 fully saturated rings. The van der Waals surface area contributed by atoms with Gasteiger partial charge in [-0.05, 0) is 44.8 Å². The third kappa shape index (κ3) is 3.82. The Morgan fingerprint density at radius 1 is 1.22 bits per heavy atom. The monoisotopic (exact) mass is 246 g/mol. The summed E-state index contributed by atoms with van der Waals surface area (Å²) in [4.78, 5) is 2.27. The normalized spacial score (nSPS) is 18.9. The minimum atomic E-state index is 0.451. The van der Waals surface area contributed by atoms with Gasteiger partial charge in [0, 0.05) is 18.6 Å². The second-order valence-corrected chi connectivity index (χ2v) is 5.74. The smallest absolute Gasteiger partial charge is 0.0451 e. The second-order valence-electron chi connectivity index (χ2n) is 5.74. The summed E-state index contributed by atoms with van der Waals surface area (Å²) in [5, 5.41) is 3.87. The molecule has 1 N–H and O–H groups in total. The van der Waals surface area contributed by atoms with Crippen molar-refractivity contribution in [1.29, 1.82) is 0 Å². The Hall–Kier alpha value is -0.860. The van der Waals surface area contributed by atoms with E-state index in [9.17, 15) is 0 Å². The van der Waals surface area contributed by atoms with Crippen LogP contribution in [0.2, 0.25) is 0 Å². The van der Waals surface area contributed by atoms with E-state index in [1.54, 1.807) is 0 Å². The number of nitrogens with zero attached hydrogens (tertiary/aromatic N) is 1. The zero-order valence-corrected chi connectivity index (χ0v) is 11.9. The third-order valence-corrected chi connectivity index (χ3v) is 3.80. The van der Waals surface area contributed by atoms with Crippen LogP contribution in [0.1, 0.15) is 37.8 Å². The Morgan fingerprint density at radius 3 is 2.39 bits per heavy atom. The van der Waals surface area contributed by atoms with Crippen LogP contribution < -0.4 is 5.32 Å². The average Bonchev–Trinajstić information content (AvgIpc) is 3.19. The summed E-state index contributed by atoms with van der Waals surface area (Å²) in [5.41, 5.74) is 1.41. The van der Waals surface area contributed by atoms with E-state index < -0.39 is 0 Å². The highest BCUT2D eigenvalue weighted by molar-refractivity contribution is 5.19. The van der Waals surface area contributed by atoms with Crippen LogP contribution in [-0.4, -0.2) is 31.6 Å². The molecule has 0 aromatic heterocycles. The van der Waals surface area contributed by atoms with Crippen LogP contribution in [0.3, 0.4) is 0 Å². The van der Waals surface area contributed by atoms with E-state index in [-0.39, 0.29) is 0 Å². The van der Waals surface area contributed by atoms with Crippen molar-refractivity contribution in [3.63, 3.8) is 0 Å². The van der Waals surface area contributed by atoms with Gasteiger partial charge < -0.3 is 10.2 Å². The van der Waals surface area contributed by atoms with Crippen molar-refractivity contribution in [2.24, 2.45) is 5.92 Å². The summed E-state index contributed by atoms with van der Waals surface area (Å²) < 4.78 is 0.